The molecule has 0 unspecified atom stereocenters. The minimum absolute atomic E-state index is 0.197. The Morgan fingerprint density at radius 1 is 1.16 bits per heavy atom. The Morgan fingerprint density at radius 3 is 2.50 bits per heavy atom. The van der Waals surface area contributed by atoms with E-state index < -0.39 is 10.0 Å². The number of rotatable bonds is 5. The quantitative estimate of drug-likeness (QED) is 0.568. The van der Waals surface area contributed by atoms with Gasteiger partial charge in [-0.1, -0.05) is 35.1 Å². The predicted molar refractivity (Wildman–Crippen MR) is 125 cm³/mol. The summed E-state index contributed by atoms with van der Waals surface area (Å²) < 4.78 is 35.9. The van der Waals surface area contributed by atoms with Gasteiger partial charge in [0, 0.05) is 26.1 Å². The highest BCUT2D eigenvalue weighted by Crippen LogP contribution is 2.28. The number of amides is 1. The van der Waals surface area contributed by atoms with Crippen molar-refractivity contribution in [3.63, 3.8) is 0 Å². The first-order valence-electron chi connectivity index (χ1n) is 10.7. The topological polar surface area (TPSA) is 81.0 Å². The van der Waals surface area contributed by atoms with Crippen LogP contribution in [0.15, 0.2) is 52.4 Å². The molecule has 0 atom stereocenters. The van der Waals surface area contributed by atoms with E-state index in [1.807, 2.05) is 43.7 Å². The molecule has 1 aromatic heterocycles. The molecule has 1 saturated heterocycles. The van der Waals surface area contributed by atoms with E-state index >= 15 is 0 Å². The second kappa shape index (κ2) is 9.17. The van der Waals surface area contributed by atoms with Gasteiger partial charge in [-0.15, -0.1) is 0 Å². The van der Waals surface area contributed by atoms with Gasteiger partial charge in [0.15, 0.2) is 4.80 Å². The average Bonchev–Trinajstić information content (AvgIpc) is 3.10. The number of piperidine rings is 1. The van der Waals surface area contributed by atoms with Crippen LogP contribution in [0.3, 0.4) is 0 Å². The van der Waals surface area contributed by atoms with Crippen LogP contribution < -0.4 is 9.54 Å². The molecule has 0 saturated carbocycles. The minimum atomic E-state index is -3.55. The van der Waals surface area contributed by atoms with Gasteiger partial charge in [-0.05, 0) is 51.0 Å². The number of benzene rings is 2. The van der Waals surface area contributed by atoms with Crippen molar-refractivity contribution in [2.24, 2.45) is 18.0 Å². The Labute approximate surface area is 192 Å². The van der Waals surface area contributed by atoms with Crippen molar-refractivity contribution >= 4 is 37.5 Å². The number of thiazole rings is 1. The summed E-state index contributed by atoms with van der Waals surface area (Å²) in [6.07, 6.45) is 0.929. The Kier molecular flexibility index (Phi) is 6.50. The zero-order valence-electron chi connectivity index (χ0n) is 18.4. The molecule has 0 spiro atoms. The van der Waals surface area contributed by atoms with Crippen LogP contribution in [-0.4, -0.2) is 42.9 Å². The lowest BCUT2D eigenvalue weighted by atomic mass is 9.98. The first-order valence-corrected chi connectivity index (χ1v) is 12.9. The van der Waals surface area contributed by atoms with Gasteiger partial charge in [-0.2, -0.15) is 9.30 Å². The van der Waals surface area contributed by atoms with Crippen molar-refractivity contribution in [2.75, 3.05) is 19.7 Å². The molecule has 1 amide bonds. The first-order chi connectivity index (χ1) is 15.3. The molecule has 2 aromatic carbocycles. The molecule has 0 aliphatic carbocycles. The van der Waals surface area contributed by atoms with Crippen LogP contribution in [0.1, 0.15) is 25.3 Å². The SMILES string of the molecule is CCOc1cccc2sc(=NC(=O)C3CCN(S(=O)(=O)c4ccc(C)cc4)CC3)n(C)c12. The molecule has 4 rings (SSSR count). The molecular weight excluding hydrogens is 446 g/mol. The summed E-state index contributed by atoms with van der Waals surface area (Å²) in [7, 11) is -1.67. The van der Waals surface area contributed by atoms with Crippen molar-refractivity contribution in [2.45, 2.75) is 31.6 Å². The molecule has 9 heteroatoms. The van der Waals surface area contributed by atoms with Gasteiger partial charge in [0.2, 0.25) is 10.0 Å². The maximum absolute atomic E-state index is 12.9. The molecule has 0 radical (unpaired) electrons. The van der Waals surface area contributed by atoms with Gasteiger partial charge in [-0.3, -0.25) is 4.79 Å². The van der Waals surface area contributed by atoms with E-state index in [4.69, 9.17) is 4.74 Å². The van der Waals surface area contributed by atoms with Gasteiger partial charge < -0.3 is 9.30 Å². The highest BCUT2D eigenvalue weighted by atomic mass is 32.2. The zero-order chi connectivity index (χ0) is 22.9. The molecule has 1 aliphatic heterocycles. The number of aromatic nitrogens is 1. The standard InChI is InChI=1S/C23H27N3O4S2/c1-4-30-19-6-5-7-20-21(19)25(3)23(31-20)24-22(27)17-12-14-26(15-13-17)32(28,29)18-10-8-16(2)9-11-18/h5-11,17H,4,12-15H2,1-3H3. The lowest BCUT2D eigenvalue weighted by Crippen LogP contribution is -2.40. The van der Waals surface area contributed by atoms with E-state index in [9.17, 15) is 13.2 Å². The smallest absolute Gasteiger partial charge is 0.251 e. The number of sulfonamides is 1. The highest BCUT2D eigenvalue weighted by Gasteiger charge is 2.32. The monoisotopic (exact) mass is 473 g/mol. The molecule has 0 N–H and O–H groups in total. The maximum atomic E-state index is 12.9. The number of carbonyl (C=O) groups excluding carboxylic acids is 1. The van der Waals surface area contributed by atoms with Crippen LogP contribution in [0.2, 0.25) is 0 Å². The molecule has 32 heavy (non-hydrogen) atoms. The Balaban J connectivity index is 1.50. The molecule has 1 fully saturated rings. The van der Waals surface area contributed by atoms with E-state index in [2.05, 4.69) is 4.99 Å². The lowest BCUT2D eigenvalue weighted by molar-refractivity contribution is -0.122. The Hall–Kier alpha value is -2.49. The van der Waals surface area contributed by atoms with Crippen LogP contribution in [0.5, 0.6) is 5.75 Å². The van der Waals surface area contributed by atoms with Crippen molar-refractivity contribution in [1.82, 2.24) is 8.87 Å². The number of para-hydroxylation sites is 1. The van der Waals surface area contributed by atoms with Crippen molar-refractivity contribution in [1.29, 1.82) is 0 Å². The van der Waals surface area contributed by atoms with Crippen molar-refractivity contribution in [3.05, 3.63) is 52.8 Å². The fourth-order valence-corrected chi connectivity index (χ4v) is 6.45. The summed E-state index contributed by atoms with van der Waals surface area (Å²) in [5, 5.41) is 0. The van der Waals surface area contributed by atoms with E-state index in [0.717, 1.165) is 21.5 Å². The fraction of sp³-hybridized carbons (Fsp3) is 0.391. The van der Waals surface area contributed by atoms with E-state index in [1.165, 1.54) is 15.6 Å². The molecule has 170 valence electrons. The molecular formula is C23H27N3O4S2. The molecule has 3 aromatic rings. The summed E-state index contributed by atoms with van der Waals surface area (Å²) >= 11 is 1.45. The van der Waals surface area contributed by atoms with Crippen LogP contribution in [0.25, 0.3) is 10.2 Å². The summed E-state index contributed by atoms with van der Waals surface area (Å²) in [6.45, 7) is 5.05. The van der Waals surface area contributed by atoms with Crippen LogP contribution >= 0.6 is 11.3 Å². The number of ether oxygens (including phenoxy) is 1. The number of hydrogen-bond donors (Lipinski definition) is 0. The number of nitrogens with zero attached hydrogens (tertiary/aromatic N) is 3. The van der Waals surface area contributed by atoms with Crippen molar-refractivity contribution in [3.8, 4) is 5.75 Å². The third-order valence-electron chi connectivity index (χ3n) is 5.75. The second-order valence-electron chi connectivity index (χ2n) is 7.92. The van der Waals surface area contributed by atoms with E-state index in [-0.39, 0.29) is 11.8 Å². The summed E-state index contributed by atoms with van der Waals surface area (Å²) in [5.41, 5.74) is 1.93. The van der Waals surface area contributed by atoms with Gasteiger partial charge in [-0.25, -0.2) is 8.42 Å². The van der Waals surface area contributed by atoms with Crippen LogP contribution in [0, 0.1) is 12.8 Å². The van der Waals surface area contributed by atoms with E-state index in [0.29, 0.717) is 42.2 Å². The summed E-state index contributed by atoms with van der Waals surface area (Å²) in [6, 6.07) is 12.7. The third kappa shape index (κ3) is 4.37. The van der Waals surface area contributed by atoms with E-state index in [1.54, 1.807) is 24.3 Å². The predicted octanol–water partition coefficient (Wildman–Crippen LogP) is 3.48. The zero-order valence-corrected chi connectivity index (χ0v) is 20.1. The molecule has 1 aliphatic rings. The maximum Gasteiger partial charge on any atom is 0.251 e. The molecule has 7 nitrogen and oxygen atoms in total. The van der Waals surface area contributed by atoms with Gasteiger partial charge in [0.05, 0.1) is 16.2 Å². The average molecular weight is 474 g/mol. The number of hydrogen-bond acceptors (Lipinski definition) is 5. The summed E-state index contributed by atoms with van der Waals surface area (Å²) in [5.74, 6) is 0.292. The largest absolute Gasteiger partial charge is 0.492 e. The fourth-order valence-electron chi connectivity index (χ4n) is 3.94. The first kappa shape index (κ1) is 22.7. The van der Waals surface area contributed by atoms with Crippen molar-refractivity contribution < 1.29 is 17.9 Å². The normalized spacial score (nSPS) is 16.5. The summed E-state index contributed by atoms with van der Waals surface area (Å²) in [4.78, 5) is 18.2. The second-order valence-corrected chi connectivity index (χ2v) is 10.9. The minimum Gasteiger partial charge on any atom is -0.492 e. The molecule has 0 bridgehead atoms. The number of aryl methyl sites for hydroxylation is 2. The Bertz CT molecular complexity index is 1300. The number of fused-ring (bicyclic) bond motifs is 1. The molecule has 2 heterocycles. The van der Waals surface area contributed by atoms with Crippen LogP contribution in [0.4, 0.5) is 0 Å². The lowest BCUT2D eigenvalue weighted by Gasteiger charge is -2.29. The van der Waals surface area contributed by atoms with Gasteiger partial charge >= 0.3 is 0 Å². The highest BCUT2D eigenvalue weighted by molar-refractivity contribution is 7.89. The van der Waals surface area contributed by atoms with Crippen LogP contribution in [-0.2, 0) is 21.9 Å². The van der Waals surface area contributed by atoms with Gasteiger partial charge in [0.1, 0.15) is 11.3 Å². The Morgan fingerprint density at radius 2 is 1.84 bits per heavy atom. The third-order valence-corrected chi connectivity index (χ3v) is 8.76. The number of carbonyl (C=O) groups is 1. The van der Waals surface area contributed by atoms with Gasteiger partial charge in [0.25, 0.3) is 5.91 Å².